The van der Waals surface area contributed by atoms with Crippen LogP contribution < -0.4 is 25.1 Å². The van der Waals surface area contributed by atoms with E-state index in [4.69, 9.17) is 25.8 Å². The van der Waals surface area contributed by atoms with Crippen LogP contribution in [-0.4, -0.2) is 54.1 Å². The first-order chi connectivity index (χ1) is 19.7. The molecular formula is C29H30ClN7O3. The van der Waals surface area contributed by atoms with E-state index >= 15 is 0 Å². The molecule has 2 N–H and O–H groups in total. The third-order valence-electron chi connectivity index (χ3n) is 5.90. The summed E-state index contributed by atoms with van der Waals surface area (Å²) in [5.74, 6) is 2.56. The van der Waals surface area contributed by atoms with E-state index in [1.165, 1.54) is 0 Å². The molecule has 1 aliphatic rings. The number of hydrazone groups is 1. The molecule has 0 spiro atoms. The van der Waals surface area contributed by atoms with Crippen molar-refractivity contribution in [1.29, 1.82) is 0 Å². The number of benzene rings is 3. The van der Waals surface area contributed by atoms with E-state index in [-0.39, 0.29) is 0 Å². The molecule has 0 amide bonds. The maximum absolute atomic E-state index is 6.00. The van der Waals surface area contributed by atoms with Crippen LogP contribution in [0.25, 0.3) is 0 Å². The highest BCUT2D eigenvalue weighted by Gasteiger charge is 2.17. The summed E-state index contributed by atoms with van der Waals surface area (Å²) in [6, 6.07) is 22.9. The second-order valence-corrected chi connectivity index (χ2v) is 9.23. The molecule has 0 saturated carbocycles. The number of anilines is 4. The number of hydrogen-bond acceptors (Lipinski definition) is 10. The van der Waals surface area contributed by atoms with E-state index in [2.05, 4.69) is 35.7 Å². The van der Waals surface area contributed by atoms with Gasteiger partial charge in [0.25, 0.3) is 0 Å². The van der Waals surface area contributed by atoms with Crippen molar-refractivity contribution in [2.24, 2.45) is 5.10 Å². The van der Waals surface area contributed by atoms with Crippen molar-refractivity contribution in [2.75, 3.05) is 48.6 Å². The number of nitrogens with one attached hydrogen (secondary N) is 2. The fraction of sp³-hybridized carbons (Fsp3) is 0.241. The van der Waals surface area contributed by atoms with Gasteiger partial charge in [-0.05, 0) is 60.5 Å². The van der Waals surface area contributed by atoms with E-state index in [9.17, 15) is 0 Å². The molecule has 206 valence electrons. The predicted octanol–water partition coefficient (Wildman–Crippen LogP) is 5.53. The van der Waals surface area contributed by atoms with Crippen molar-refractivity contribution in [1.82, 2.24) is 15.0 Å². The van der Waals surface area contributed by atoms with E-state index in [1.807, 2.05) is 79.7 Å². The third-order valence-corrected chi connectivity index (χ3v) is 6.15. The maximum atomic E-state index is 6.00. The molecule has 0 radical (unpaired) electrons. The van der Waals surface area contributed by atoms with Gasteiger partial charge in [0.1, 0.15) is 6.61 Å². The smallest absolute Gasteiger partial charge is 0.250 e. The van der Waals surface area contributed by atoms with Crippen molar-refractivity contribution in [3.05, 3.63) is 88.9 Å². The molecule has 0 aliphatic carbocycles. The molecule has 1 fully saturated rings. The van der Waals surface area contributed by atoms with Gasteiger partial charge in [-0.3, -0.25) is 0 Å². The molecule has 10 nitrogen and oxygen atoms in total. The van der Waals surface area contributed by atoms with Gasteiger partial charge < -0.3 is 24.4 Å². The Bertz CT molecular complexity index is 1420. The number of rotatable bonds is 11. The number of para-hydroxylation sites is 1. The van der Waals surface area contributed by atoms with Crippen LogP contribution in [0.5, 0.6) is 11.5 Å². The van der Waals surface area contributed by atoms with Crippen molar-refractivity contribution < 1.29 is 14.2 Å². The molecule has 1 aromatic heterocycles. The average molecular weight is 560 g/mol. The van der Waals surface area contributed by atoms with Crippen molar-refractivity contribution in [2.45, 2.75) is 13.5 Å². The van der Waals surface area contributed by atoms with E-state index in [0.29, 0.717) is 73.9 Å². The highest BCUT2D eigenvalue weighted by Crippen LogP contribution is 2.29. The molecule has 11 heteroatoms. The summed E-state index contributed by atoms with van der Waals surface area (Å²) >= 11 is 5.98. The van der Waals surface area contributed by atoms with Gasteiger partial charge in [-0.15, -0.1) is 0 Å². The van der Waals surface area contributed by atoms with Gasteiger partial charge in [-0.1, -0.05) is 41.9 Å². The van der Waals surface area contributed by atoms with Crippen molar-refractivity contribution in [3.63, 3.8) is 0 Å². The fourth-order valence-electron chi connectivity index (χ4n) is 3.92. The highest BCUT2D eigenvalue weighted by atomic mass is 35.5. The number of aromatic nitrogens is 3. The second-order valence-electron chi connectivity index (χ2n) is 8.80. The summed E-state index contributed by atoms with van der Waals surface area (Å²) in [7, 11) is 0. The number of nitrogens with zero attached hydrogens (tertiary/aromatic N) is 5. The van der Waals surface area contributed by atoms with Gasteiger partial charge in [0.15, 0.2) is 11.5 Å². The fourth-order valence-corrected chi connectivity index (χ4v) is 4.05. The van der Waals surface area contributed by atoms with E-state index in [1.54, 1.807) is 6.21 Å². The van der Waals surface area contributed by atoms with Crippen LogP contribution in [0.3, 0.4) is 0 Å². The first-order valence-electron chi connectivity index (χ1n) is 13.0. The van der Waals surface area contributed by atoms with Gasteiger partial charge in [0.05, 0.1) is 26.0 Å². The molecule has 3 aromatic carbocycles. The molecule has 40 heavy (non-hydrogen) atoms. The number of ether oxygens (including phenoxy) is 3. The van der Waals surface area contributed by atoms with Crippen LogP contribution in [0.15, 0.2) is 77.9 Å². The molecule has 4 aromatic rings. The maximum Gasteiger partial charge on any atom is 0.250 e. The van der Waals surface area contributed by atoms with Crippen molar-refractivity contribution in [3.8, 4) is 11.5 Å². The topological polar surface area (TPSA) is 106 Å². The van der Waals surface area contributed by atoms with Crippen LogP contribution in [-0.2, 0) is 11.3 Å². The van der Waals surface area contributed by atoms with Crippen LogP contribution in [0.1, 0.15) is 18.1 Å². The normalized spacial score (nSPS) is 13.3. The summed E-state index contributed by atoms with van der Waals surface area (Å²) in [5, 5.41) is 8.30. The van der Waals surface area contributed by atoms with Gasteiger partial charge in [0, 0.05) is 23.8 Å². The Morgan fingerprint density at radius 3 is 2.48 bits per heavy atom. The summed E-state index contributed by atoms with van der Waals surface area (Å²) in [5.41, 5.74) is 5.65. The lowest BCUT2D eigenvalue weighted by Gasteiger charge is -2.27. The molecule has 0 bridgehead atoms. The molecule has 1 aliphatic heterocycles. The Labute approximate surface area is 238 Å². The van der Waals surface area contributed by atoms with Gasteiger partial charge in [-0.2, -0.15) is 20.1 Å². The minimum atomic E-state index is 0.319. The largest absolute Gasteiger partial charge is 0.490 e. The Balaban J connectivity index is 1.30. The molecule has 2 heterocycles. The standard InChI is InChI=1S/C29H30ClN7O3/c1-2-39-26-18-22(10-13-25(26)40-20-21-8-11-23(30)12-9-21)19-31-36-28-33-27(32-24-6-4-3-5-7-24)34-29(35-28)37-14-16-38-17-15-37/h3-13,18-19H,2,14-17,20H2,1H3,(H2,32,33,34,35,36)/b31-19-. The van der Waals surface area contributed by atoms with E-state index < -0.39 is 0 Å². The predicted molar refractivity (Wildman–Crippen MR) is 157 cm³/mol. The summed E-state index contributed by atoms with van der Waals surface area (Å²) in [6.45, 7) is 5.47. The van der Waals surface area contributed by atoms with E-state index in [0.717, 1.165) is 16.8 Å². The quantitative estimate of drug-likeness (QED) is 0.181. The van der Waals surface area contributed by atoms with Crippen LogP contribution in [0.2, 0.25) is 5.02 Å². The average Bonchev–Trinajstić information content (AvgIpc) is 2.99. The van der Waals surface area contributed by atoms with Gasteiger partial charge in [0.2, 0.25) is 17.8 Å². The van der Waals surface area contributed by atoms with Crippen LogP contribution >= 0.6 is 11.6 Å². The zero-order valence-corrected chi connectivity index (χ0v) is 22.8. The number of hydrogen-bond donors (Lipinski definition) is 2. The summed E-state index contributed by atoms with van der Waals surface area (Å²) in [4.78, 5) is 15.8. The second kappa shape index (κ2) is 13.6. The Hall–Kier alpha value is -4.41. The molecule has 0 atom stereocenters. The summed E-state index contributed by atoms with van der Waals surface area (Å²) < 4.78 is 17.3. The monoisotopic (exact) mass is 559 g/mol. The Morgan fingerprint density at radius 2 is 1.70 bits per heavy atom. The number of halogens is 1. The molecule has 0 unspecified atom stereocenters. The first-order valence-corrected chi connectivity index (χ1v) is 13.4. The Kier molecular flexibility index (Phi) is 9.23. The number of morpholine rings is 1. The molecular weight excluding hydrogens is 530 g/mol. The van der Waals surface area contributed by atoms with Gasteiger partial charge >= 0.3 is 0 Å². The minimum Gasteiger partial charge on any atom is -0.490 e. The third kappa shape index (κ3) is 7.58. The zero-order chi connectivity index (χ0) is 27.6. The highest BCUT2D eigenvalue weighted by molar-refractivity contribution is 6.30. The lowest BCUT2D eigenvalue weighted by molar-refractivity contribution is 0.122. The molecule has 5 rings (SSSR count). The van der Waals surface area contributed by atoms with Crippen LogP contribution in [0.4, 0.5) is 23.5 Å². The lowest BCUT2D eigenvalue weighted by atomic mass is 10.2. The first kappa shape index (κ1) is 27.2. The zero-order valence-electron chi connectivity index (χ0n) is 22.1. The lowest BCUT2D eigenvalue weighted by Crippen LogP contribution is -2.37. The van der Waals surface area contributed by atoms with Gasteiger partial charge in [-0.25, -0.2) is 5.43 Å². The SMILES string of the molecule is CCOc1cc(/C=N\Nc2nc(Nc3ccccc3)nc(N3CCOCC3)n2)ccc1OCc1ccc(Cl)cc1. The van der Waals surface area contributed by atoms with Crippen molar-refractivity contribution >= 4 is 41.3 Å². The Morgan fingerprint density at radius 1 is 0.925 bits per heavy atom. The summed E-state index contributed by atoms with van der Waals surface area (Å²) in [6.07, 6.45) is 1.67. The molecule has 1 saturated heterocycles. The van der Waals surface area contributed by atoms with Crippen LogP contribution in [0, 0.1) is 0 Å². The minimum absolute atomic E-state index is 0.319.